The van der Waals surface area contributed by atoms with Gasteiger partial charge in [0.2, 0.25) is 0 Å². The fraction of sp³-hybridized carbons (Fsp3) is 0.441. The van der Waals surface area contributed by atoms with E-state index in [9.17, 15) is 0 Å². The Morgan fingerprint density at radius 2 is 1.77 bits per heavy atom. The zero-order valence-corrected chi connectivity index (χ0v) is 25.5. The minimum absolute atomic E-state index is 0.275. The maximum absolute atomic E-state index is 9.16. The molecule has 0 unspecified atom stereocenters. The summed E-state index contributed by atoms with van der Waals surface area (Å²) >= 11 is 0. The minimum atomic E-state index is 0.275. The van der Waals surface area contributed by atoms with Crippen molar-refractivity contribution in [1.29, 1.82) is 0 Å². The van der Waals surface area contributed by atoms with E-state index in [4.69, 9.17) is 25.7 Å². The second kappa shape index (κ2) is 12.6. The van der Waals surface area contributed by atoms with Gasteiger partial charge in [0.05, 0.1) is 18.5 Å². The molecule has 4 N–H and O–H groups in total. The molecule has 2 aromatic carbocycles. The number of aliphatic hydroxyl groups is 1. The molecule has 0 atom stereocenters. The summed E-state index contributed by atoms with van der Waals surface area (Å²) in [5.74, 6) is 1.36. The van der Waals surface area contributed by atoms with Crippen LogP contribution >= 0.6 is 0 Å². The van der Waals surface area contributed by atoms with Crippen molar-refractivity contribution in [3.63, 3.8) is 0 Å². The van der Waals surface area contributed by atoms with E-state index in [-0.39, 0.29) is 12.6 Å². The van der Waals surface area contributed by atoms with Crippen LogP contribution < -0.4 is 10.5 Å². The van der Waals surface area contributed by atoms with Gasteiger partial charge in [0.25, 0.3) is 0 Å². The number of fused-ring (bicyclic) bond motifs is 2. The third-order valence-corrected chi connectivity index (χ3v) is 9.61. The number of aromatic amines is 1. The van der Waals surface area contributed by atoms with Gasteiger partial charge in [-0.2, -0.15) is 5.10 Å². The average Bonchev–Trinajstić information content (AvgIpc) is 3.66. The van der Waals surface area contributed by atoms with Gasteiger partial charge in [-0.25, -0.2) is 14.6 Å². The third-order valence-electron chi connectivity index (χ3n) is 9.61. The Bertz CT molecular complexity index is 1730. The van der Waals surface area contributed by atoms with Gasteiger partial charge < -0.3 is 25.5 Å². The maximum Gasteiger partial charge on any atom is 0.164 e. The molecule has 4 heterocycles. The van der Waals surface area contributed by atoms with Crippen LogP contribution in [-0.4, -0.2) is 92.1 Å². The molecule has 7 rings (SSSR count). The van der Waals surface area contributed by atoms with Crippen LogP contribution in [0.15, 0.2) is 54.9 Å². The number of nitrogen functional groups attached to an aromatic ring is 1. The van der Waals surface area contributed by atoms with Crippen LogP contribution in [0.4, 0.5) is 5.82 Å². The Morgan fingerprint density at radius 1 is 0.977 bits per heavy atom. The molecule has 1 aliphatic carbocycles. The molecule has 2 aliphatic rings. The summed E-state index contributed by atoms with van der Waals surface area (Å²) in [5.41, 5.74) is 12.5. The molecular formula is C34H42N8O2. The normalized spacial score (nSPS) is 20.0. The second-order valence-electron chi connectivity index (χ2n) is 12.3. The first-order valence-corrected chi connectivity index (χ1v) is 15.9. The first-order chi connectivity index (χ1) is 21.6. The van der Waals surface area contributed by atoms with E-state index in [0.717, 1.165) is 121 Å². The molecule has 2 fully saturated rings. The van der Waals surface area contributed by atoms with Gasteiger partial charge in [0, 0.05) is 74.0 Å². The number of para-hydroxylation sites is 1. The second-order valence-corrected chi connectivity index (χ2v) is 12.3. The quantitative estimate of drug-likeness (QED) is 0.226. The SMILES string of the molecule is COc1ccccc1Cc1cc2cc(-c3nn(C4CCC(N5CCN(CCCO)CC5)CC4)c4ncnc(N)c34)ccc2[nH]1. The number of piperazine rings is 1. The Morgan fingerprint density at radius 3 is 2.57 bits per heavy atom. The maximum atomic E-state index is 9.16. The standard InChI is InChI=1S/C34H42N8O2/c1-44-30-6-3-2-5-23(30)20-26-21-25-19-24(7-12-29(25)38-26)32-31-33(35)36-22-37-34(31)42(39-32)28-10-8-27(9-11-28)41-16-14-40(15-17-41)13-4-18-43/h2-3,5-7,12,19,21-22,27-28,38,43H,4,8-11,13-18,20H2,1H3,(H2,35,36,37). The number of nitrogens with two attached hydrogens (primary N) is 1. The molecule has 230 valence electrons. The van der Waals surface area contributed by atoms with Crippen LogP contribution in [0.5, 0.6) is 5.75 Å². The fourth-order valence-corrected chi connectivity index (χ4v) is 7.26. The number of H-pyrrole nitrogens is 1. The van der Waals surface area contributed by atoms with Crippen molar-refractivity contribution in [3.8, 4) is 17.0 Å². The lowest BCUT2D eigenvalue weighted by atomic mass is 9.90. The Hall–Kier alpha value is -3.99. The molecule has 0 bridgehead atoms. The van der Waals surface area contributed by atoms with E-state index in [0.29, 0.717) is 11.9 Å². The van der Waals surface area contributed by atoms with Crippen LogP contribution in [0.3, 0.4) is 0 Å². The summed E-state index contributed by atoms with van der Waals surface area (Å²) in [5, 5.41) is 16.3. The van der Waals surface area contributed by atoms with Gasteiger partial charge in [-0.3, -0.25) is 4.90 Å². The topological polar surface area (TPSA) is 121 Å². The van der Waals surface area contributed by atoms with E-state index >= 15 is 0 Å². The average molecular weight is 595 g/mol. The minimum Gasteiger partial charge on any atom is -0.496 e. The van der Waals surface area contributed by atoms with E-state index < -0.39 is 0 Å². The molecular weight excluding hydrogens is 552 g/mol. The summed E-state index contributed by atoms with van der Waals surface area (Å²) in [6, 6.07) is 17.7. The number of aliphatic hydroxyl groups excluding tert-OH is 1. The van der Waals surface area contributed by atoms with Crippen molar-refractivity contribution >= 4 is 27.8 Å². The molecule has 0 amide bonds. The number of methoxy groups -OCH3 is 1. The van der Waals surface area contributed by atoms with Crippen LogP contribution in [0, 0.1) is 0 Å². The highest BCUT2D eigenvalue weighted by atomic mass is 16.5. The molecule has 0 radical (unpaired) electrons. The summed E-state index contributed by atoms with van der Waals surface area (Å²) in [7, 11) is 1.71. The number of hydrogen-bond donors (Lipinski definition) is 3. The molecule has 10 nitrogen and oxygen atoms in total. The highest BCUT2D eigenvalue weighted by Crippen LogP contribution is 2.38. The smallest absolute Gasteiger partial charge is 0.164 e. The monoisotopic (exact) mass is 594 g/mol. The number of benzene rings is 2. The Labute approximate surface area is 257 Å². The Balaban J connectivity index is 1.11. The third kappa shape index (κ3) is 5.65. The highest BCUT2D eigenvalue weighted by molar-refractivity contribution is 6.00. The van der Waals surface area contributed by atoms with Crippen LogP contribution in [0.2, 0.25) is 0 Å². The van der Waals surface area contributed by atoms with Gasteiger partial charge in [-0.05, 0) is 61.9 Å². The molecule has 5 aromatic rings. The fourth-order valence-electron chi connectivity index (χ4n) is 7.26. The molecule has 1 saturated heterocycles. The van der Waals surface area contributed by atoms with Gasteiger partial charge in [0.1, 0.15) is 23.6 Å². The number of ether oxygens (including phenoxy) is 1. The van der Waals surface area contributed by atoms with Crippen molar-refractivity contribution < 1.29 is 9.84 Å². The first-order valence-electron chi connectivity index (χ1n) is 15.9. The summed E-state index contributed by atoms with van der Waals surface area (Å²) in [6.07, 6.45) is 7.63. The lowest BCUT2D eigenvalue weighted by Gasteiger charge is -2.42. The van der Waals surface area contributed by atoms with Crippen LogP contribution in [0.25, 0.3) is 33.2 Å². The molecule has 1 aliphatic heterocycles. The van der Waals surface area contributed by atoms with E-state index in [1.165, 1.54) is 0 Å². The van der Waals surface area contributed by atoms with E-state index in [1.807, 2.05) is 18.2 Å². The number of hydrogen-bond acceptors (Lipinski definition) is 8. The molecule has 1 saturated carbocycles. The molecule has 0 spiro atoms. The number of nitrogens with one attached hydrogen (secondary N) is 1. The number of aromatic nitrogens is 5. The lowest BCUT2D eigenvalue weighted by molar-refractivity contribution is 0.0680. The number of rotatable bonds is 9. The highest BCUT2D eigenvalue weighted by Gasteiger charge is 2.31. The number of nitrogens with zero attached hydrogens (tertiary/aromatic N) is 6. The lowest BCUT2D eigenvalue weighted by Crippen LogP contribution is -2.51. The molecule has 10 heteroatoms. The predicted octanol–water partition coefficient (Wildman–Crippen LogP) is 4.64. The van der Waals surface area contributed by atoms with Crippen molar-refractivity contribution in [1.82, 2.24) is 34.5 Å². The van der Waals surface area contributed by atoms with Gasteiger partial charge in [-0.1, -0.05) is 24.3 Å². The van der Waals surface area contributed by atoms with Crippen molar-refractivity contribution in [2.45, 2.75) is 50.6 Å². The summed E-state index contributed by atoms with van der Waals surface area (Å²) in [4.78, 5) is 17.8. The molecule has 3 aromatic heterocycles. The summed E-state index contributed by atoms with van der Waals surface area (Å²) < 4.78 is 7.69. The predicted molar refractivity (Wildman–Crippen MR) is 174 cm³/mol. The van der Waals surface area contributed by atoms with Gasteiger partial charge in [-0.15, -0.1) is 0 Å². The summed E-state index contributed by atoms with van der Waals surface area (Å²) in [6.45, 7) is 5.69. The van der Waals surface area contributed by atoms with Gasteiger partial charge in [0.15, 0.2) is 5.65 Å². The molecule has 44 heavy (non-hydrogen) atoms. The Kier molecular flexibility index (Phi) is 8.20. The number of anilines is 1. The van der Waals surface area contributed by atoms with Crippen LogP contribution in [0.1, 0.15) is 49.4 Å². The largest absolute Gasteiger partial charge is 0.496 e. The zero-order chi connectivity index (χ0) is 30.0. The van der Waals surface area contributed by atoms with Crippen molar-refractivity contribution in [2.24, 2.45) is 0 Å². The van der Waals surface area contributed by atoms with Gasteiger partial charge >= 0.3 is 0 Å². The van der Waals surface area contributed by atoms with Crippen LogP contribution in [-0.2, 0) is 6.42 Å². The van der Waals surface area contributed by atoms with Crippen molar-refractivity contribution in [3.05, 3.63) is 66.1 Å². The van der Waals surface area contributed by atoms with E-state index in [2.05, 4.69) is 54.8 Å². The van der Waals surface area contributed by atoms with Crippen molar-refractivity contribution in [2.75, 3.05) is 52.2 Å². The van der Waals surface area contributed by atoms with E-state index in [1.54, 1.807) is 13.4 Å². The first kappa shape index (κ1) is 28.8. The zero-order valence-electron chi connectivity index (χ0n) is 25.5.